The first-order valence-electron chi connectivity index (χ1n) is 7.14. The molecule has 0 aromatic heterocycles. The van der Waals surface area contributed by atoms with Gasteiger partial charge in [-0.2, -0.15) is 4.31 Å². The fraction of sp³-hybridized carbons (Fsp3) is 0.600. The van der Waals surface area contributed by atoms with Crippen molar-refractivity contribution in [1.29, 1.82) is 0 Å². The van der Waals surface area contributed by atoms with E-state index in [2.05, 4.69) is 12.2 Å². The third-order valence-electron chi connectivity index (χ3n) is 3.60. The molecular weight excluding hydrogens is 288 g/mol. The van der Waals surface area contributed by atoms with Crippen LogP contribution in [0.4, 0.5) is 0 Å². The van der Waals surface area contributed by atoms with E-state index in [-0.39, 0.29) is 12.1 Å². The Balaban J connectivity index is 2.94. The number of hydrogen-bond donors (Lipinski definition) is 1. The van der Waals surface area contributed by atoms with Gasteiger partial charge in [0.2, 0.25) is 10.0 Å². The van der Waals surface area contributed by atoms with Crippen molar-refractivity contribution >= 4 is 10.0 Å². The molecule has 0 heterocycles. The fourth-order valence-corrected chi connectivity index (χ4v) is 3.45. The van der Waals surface area contributed by atoms with Crippen LogP contribution in [-0.2, 0) is 14.8 Å². The SMILES string of the molecule is CCNC(C)c1ccc(S(=O)(=O)N(C)C(C)COC)cc1. The normalized spacial score (nSPS) is 15.1. The molecule has 2 unspecified atom stereocenters. The quantitative estimate of drug-likeness (QED) is 0.797. The van der Waals surface area contributed by atoms with Crippen molar-refractivity contribution in [2.45, 2.75) is 37.8 Å². The Morgan fingerprint density at radius 3 is 2.29 bits per heavy atom. The van der Waals surface area contributed by atoms with Crippen LogP contribution in [0, 0.1) is 0 Å². The molecule has 6 heteroatoms. The highest BCUT2D eigenvalue weighted by Crippen LogP contribution is 2.20. The number of rotatable bonds is 8. The topological polar surface area (TPSA) is 58.6 Å². The lowest BCUT2D eigenvalue weighted by atomic mass is 10.1. The van der Waals surface area contributed by atoms with E-state index in [1.54, 1.807) is 26.3 Å². The van der Waals surface area contributed by atoms with Gasteiger partial charge in [0, 0.05) is 26.2 Å². The number of hydrogen-bond acceptors (Lipinski definition) is 4. The van der Waals surface area contributed by atoms with Gasteiger partial charge in [0.25, 0.3) is 0 Å². The molecule has 0 aliphatic heterocycles. The Hall–Kier alpha value is -0.950. The lowest BCUT2D eigenvalue weighted by Crippen LogP contribution is -2.37. The van der Waals surface area contributed by atoms with Gasteiger partial charge in [0.15, 0.2) is 0 Å². The molecule has 0 aliphatic rings. The standard InChI is InChI=1S/C15H26N2O3S/c1-6-16-13(3)14-7-9-15(10-8-14)21(18,19)17(4)12(2)11-20-5/h7-10,12-13,16H,6,11H2,1-5H3. The highest BCUT2D eigenvalue weighted by atomic mass is 32.2. The first kappa shape index (κ1) is 18.1. The van der Waals surface area contributed by atoms with Crippen molar-refractivity contribution in [3.05, 3.63) is 29.8 Å². The third-order valence-corrected chi connectivity index (χ3v) is 5.58. The van der Waals surface area contributed by atoms with Gasteiger partial charge < -0.3 is 10.1 Å². The lowest BCUT2D eigenvalue weighted by molar-refractivity contribution is 0.149. The summed E-state index contributed by atoms with van der Waals surface area (Å²) in [6.07, 6.45) is 0. The van der Waals surface area contributed by atoms with Crippen LogP contribution in [0.5, 0.6) is 0 Å². The average molecular weight is 314 g/mol. The Morgan fingerprint density at radius 1 is 1.24 bits per heavy atom. The second-order valence-corrected chi connectivity index (χ2v) is 7.17. The molecule has 21 heavy (non-hydrogen) atoms. The molecule has 0 fully saturated rings. The maximum atomic E-state index is 12.5. The van der Waals surface area contributed by atoms with Gasteiger partial charge in [-0.05, 0) is 38.1 Å². The van der Waals surface area contributed by atoms with Crippen LogP contribution in [0.15, 0.2) is 29.2 Å². The zero-order chi connectivity index (χ0) is 16.0. The van der Waals surface area contributed by atoms with Crippen molar-refractivity contribution in [3.63, 3.8) is 0 Å². The Kier molecular flexibility index (Phi) is 6.80. The summed E-state index contributed by atoms with van der Waals surface area (Å²) in [4.78, 5) is 0.306. The molecule has 2 atom stereocenters. The third kappa shape index (κ3) is 4.51. The molecule has 120 valence electrons. The first-order chi connectivity index (χ1) is 9.84. The van der Waals surface area contributed by atoms with Crippen LogP contribution in [0.1, 0.15) is 32.4 Å². The fourth-order valence-electron chi connectivity index (χ4n) is 2.10. The molecule has 1 aromatic rings. The maximum Gasteiger partial charge on any atom is 0.243 e. The van der Waals surface area contributed by atoms with E-state index in [0.717, 1.165) is 12.1 Å². The molecule has 5 nitrogen and oxygen atoms in total. The molecule has 0 saturated carbocycles. The highest BCUT2D eigenvalue weighted by Gasteiger charge is 2.25. The highest BCUT2D eigenvalue weighted by molar-refractivity contribution is 7.89. The van der Waals surface area contributed by atoms with Crippen molar-refractivity contribution in [1.82, 2.24) is 9.62 Å². The van der Waals surface area contributed by atoms with Gasteiger partial charge >= 0.3 is 0 Å². The molecule has 1 aromatic carbocycles. The van der Waals surface area contributed by atoms with Crippen LogP contribution in [0.3, 0.4) is 0 Å². The van der Waals surface area contributed by atoms with Crippen LogP contribution < -0.4 is 5.32 Å². The number of nitrogens with one attached hydrogen (secondary N) is 1. The van der Waals surface area contributed by atoms with Crippen LogP contribution >= 0.6 is 0 Å². The summed E-state index contributed by atoms with van der Waals surface area (Å²) in [6, 6.07) is 7.03. The van der Waals surface area contributed by atoms with Crippen LogP contribution in [-0.4, -0.2) is 46.1 Å². The second-order valence-electron chi connectivity index (χ2n) is 5.17. The monoisotopic (exact) mass is 314 g/mol. The summed E-state index contributed by atoms with van der Waals surface area (Å²) in [6.45, 7) is 7.16. The van der Waals surface area contributed by atoms with Crippen molar-refractivity contribution in [2.24, 2.45) is 0 Å². The van der Waals surface area contributed by atoms with Gasteiger partial charge in [0.1, 0.15) is 0 Å². The molecule has 0 saturated heterocycles. The number of benzene rings is 1. The molecule has 0 bridgehead atoms. The molecule has 0 radical (unpaired) electrons. The largest absolute Gasteiger partial charge is 0.383 e. The summed E-state index contributed by atoms with van der Waals surface area (Å²) in [5.74, 6) is 0. The average Bonchev–Trinajstić information content (AvgIpc) is 2.47. The van der Waals surface area contributed by atoms with Gasteiger partial charge in [0.05, 0.1) is 11.5 Å². The van der Waals surface area contributed by atoms with E-state index in [1.807, 2.05) is 26.0 Å². The van der Waals surface area contributed by atoms with E-state index in [4.69, 9.17) is 4.74 Å². The summed E-state index contributed by atoms with van der Waals surface area (Å²) in [7, 11) is -0.341. The van der Waals surface area contributed by atoms with Crippen molar-refractivity contribution in [3.8, 4) is 0 Å². The van der Waals surface area contributed by atoms with E-state index in [0.29, 0.717) is 11.5 Å². The number of sulfonamides is 1. The van der Waals surface area contributed by atoms with Crippen molar-refractivity contribution in [2.75, 3.05) is 27.3 Å². The molecule has 0 amide bonds. The van der Waals surface area contributed by atoms with E-state index < -0.39 is 10.0 Å². The predicted octanol–water partition coefficient (Wildman–Crippen LogP) is 2.01. The minimum absolute atomic E-state index is 0.205. The minimum atomic E-state index is -3.48. The Bertz CT molecular complexity index is 528. The number of ether oxygens (including phenoxy) is 1. The van der Waals surface area contributed by atoms with E-state index in [1.165, 1.54) is 4.31 Å². The van der Waals surface area contributed by atoms with E-state index in [9.17, 15) is 8.42 Å². The maximum absolute atomic E-state index is 12.5. The second kappa shape index (κ2) is 7.89. The number of methoxy groups -OCH3 is 1. The van der Waals surface area contributed by atoms with Crippen LogP contribution in [0.2, 0.25) is 0 Å². The predicted molar refractivity (Wildman–Crippen MR) is 84.8 cm³/mol. The lowest BCUT2D eigenvalue weighted by Gasteiger charge is -2.24. The molecular formula is C15H26N2O3S. The van der Waals surface area contributed by atoms with Crippen LogP contribution in [0.25, 0.3) is 0 Å². The summed E-state index contributed by atoms with van der Waals surface area (Å²) < 4.78 is 31.4. The smallest absolute Gasteiger partial charge is 0.243 e. The summed E-state index contributed by atoms with van der Waals surface area (Å²) >= 11 is 0. The van der Waals surface area contributed by atoms with Gasteiger partial charge in [-0.1, -0.05) is 19.1 Å². The number of nitrogens with zero attached hydrogens (tertiary/aromatic N) is 1. The zero-order valence-corrected chi connectivity index (χ0v) is 14.3. The molecule has 0 spiro atoms. The molecule has 0 aliphatic carbocycles. The first-order valence-corrected chi connectivity index (χ1v) is 8.58. The van der Waals surface area contributed by atoms with Gasteiger partial charge in [-0.15, -0.1) is 0 Å². The van der Waals surface area contributed by atoms with Gasteiger partial charge in [-0.25, -0.2) is 8.42 Å². The molecule has 1 N–H and O–H groups in total. The minimum Gasteiger partial charge on any atom is -0.383 e. The van der Waals surface area contributed by atoms with Gasteiger partial charge in [-0.3, -0.25) is 0 Å². The van der Waals surface area contributed by atoms with E-state index >= 15 is 0 Å². The Morgan fingerprint density at radius 2 is 1.81 bits per heavy atom. The van der Waals surface area contributed by atoms with Crippen molar-refractivity contribution < 1.29 is 13.2 Å². The molecule has 1 rings (SSSR count). The summed E-state index contributed by atoms with van der Waals surface area (Å²) in [5, 5.41) is 3.30. The zero-order valence-electron chi connectivity index (χ0n) is 13.5. The summed E-state index contributed by atoms with van der Waals surface area (Å²) in [5.41, 5.74) is 1.07. The number of likely N-dealkylation sites (N-methyl/N-ethyl adjacent to an activating group) is 1. The Labute approximate surface area is 128 Å².